The van der Waals surface area contributed by atoms with Gasteiger partial charge in [0, 0.05) is 19.3 Å². The van der Waals surface area contributed by atoms with Crippen LogP contribution in [0.25, 0.3) is 0 Å². The van der Waals surface area contributed by atoms with Crippen LogP contribution in [0.1, 0.15) is 57.8 Å². The maximum absolute atomic E-state index is 10.9. The minimum Gasteiger partial charge on any atom is -0.469 e. The molecular formula is C19H25BrO2. The van der Waals surface area contributed by atoms with Crippen LogP contribution in [-0.4, -0.2) is 13.1 Å². The molecule has 0 N–H and O–H groups in total. The van der Waals surface area contributed by atoms with E-state index in [1.165, 1.54) is 26.4 Å². The SMILES string of the molecule is COC(=O)CCCC#CC#CCCCCCC/C=C/C=C/Br. The van der Waals surface area contributed by atoms with Crippen LogP contribution in [-0.2, 0) is 9.53 Å². The maximum atomic E-state index is 10.9. The molecule has 0 saturated heterocycles. The molecule has 0 fully saturated rings. The summed E-state index contributed by atoms with van der Waals surface area (Å²) in [7, 11) is 1.40. The smallest absolute Gasteiger partial charge is 0.305 e. The first-order valence-electron chi connectivity index (χ1n) is 7.75. The van der Waals surface area contributed by atoms with E-state index in [1.54, 1.807) is 0 Å². The Hall–Kier alpha value is -1.45. The summed E-state index contributed by atoms with van der Waals surface area (Å²) in [5.74, 6) is 11.5. The minimum absolute atomic E-state index is 0.178. The number of hydrogen-bond acceptors (Lipinski definition) is 2. The van der Waals surface area contributed by atoms with Gasteiger partial charge in [-0.1, -0.05) is 58.8 Å². The third kappa shape index (κ3) is 16.6. The summed E-state index contributed by atoms with van der Waals surface area (Å²) in [4.78, 5) is 12.7. The van der Waals surface area contributed by atoms with Gasteiger partial charge in [-0.25, -0.2) is 0 Å². The highest BCUT2D eigenvalue weighted by Gasteiger charge is 1.96. The topological polar surface area (TPSA) is 26.3 Å². The summed E-state index contributed by atoms with van der Waals surface area (Å²) in [6.07, 6.45) is 15.0. The van der Waals surface area contributed by atoms with Gasteiger partial charge in [0.2, 0.25) is 0 Å². The number of carbonyl (C=O) groups excluding carboxylic acids is 1. The standard InChI is InChI=1S/C19H25BrO2/c1-22-19(21)17-15-13-11-9-7-5-3-2-4-6-8-10-12-14-16-18-20/h12,14,16,18H,2-4,6,8,10,13,15,17H2,1H3/b14-12+,18-16+. The van der Waals surface area contributed by atoms with E-state index in [2.05, 4.69) is 56.5 Å². The second kappa shape index (κ2) is 17.6. The van der Waals surface area contributed by atoms with Crippen molar-refractivity contribution < 1.29 is 9.53 Å². The number of rotatable bonds is 10. The second-order valence-electron chi connectivity index (χ2n) is 4.73. The van der Waals surface area contributed by atoms with Gasteiger partial charge >= 0.3 is 5.97 Å². The van der Waals surface area contributed by atoms with Crippen LogP contribution < -0.4 is 0 Å². The first-order valence-corrected chi connectivity index (χ1v) is 8.67. The Labute approximate surface area is 143 Å². The van der Waals surface area contributed by atoms with E-state index >= 15 is 0 Å². The number of methoxy groups -OCH3 is 1. The molecule has 0 atom stereocenters. The van der Waals surface area contributed by atoms with Gasteiger partial charge in [-0.05, 0) is 42.5 Å². The highest BCUT2D eigenvalue weighted by atomic mass is 79.9. The van der Waals surface area contributed by atoms with Gasteiger partial charge in [0.05, 0.1) is 7.11 Å². The third-order valence-corrected chi connectivity index (χ3v) is 3.20. The van der Waals surface area contributed by atoms with Crippen molar-refractivity contribution in [1.29, 1.82) is 0 Å². The lowest BCUT2D eigenvalue weighted by Crippen LogP contribution is -1.98. The Morgan fingerprint density at radius 3 is 2.36 bits per heavy atom. The van der Waals surface area contributed by atoms with Gasteiger partial charge in [0.25, 0.3) is 0 Å². The zero-order valence-corrected chi connectivity index (χ0v) is 15.0. The Morgan fingerprint density at radius 1 is 1.00 bits per heavy atom. The van der Waals surface area contributed by atoms with E-state index < -0.39 is 0 Å². The van der Waals surface area contributed by atoms with Crippen LogP contribution in [0, 0.1) is 23.7 Å². The van der Waals surface area contributed by atoms with Crippen LogP contribution in [0.3, 0.4) is 0 Å². The number of ether oxygens (including phenoxy) is 1. The average Bonchev–Trinajstić information content (AvgIpc) is 2.54. The van der Waals surface area contributed by atoms with Crippen LogP contribution in [0.4, 0.5) is 0 Å². The van der Waals surface area contributed by atoms with Crippen molar-refractivity contribution in [2.45, 2.75) is 57.8 Å². The second-order valence-corrected chi connectivity index (χ2v) is 5.26. The first kappa shape index (κ1) is 20.6. The van der Waals surface area contributed by atoms with Crippen LogP contribution in [0.2, 0.25) is 0 Å². The number of esters is 1. The Kier molecular flexibility index (Phi) is 16.4. The molecule has 0 aliphatic heterocycles. The molecule has 120 valence electrons. The summed E-state index contributed by atoms with van der Waals surface area (Å²) in [5.41, 5.74) is 0. The summed E-state index contributed by atoms with van der Waals surface area (Å²) in [5, 5.41) is 0. The van der Waals surface area contributed by atoms with Crippen molar-refractivity contribution in [3.05, 3.63) is 23.2 Å². The van der Waals surface area contributed by atoms with E-state index in [4.69, 9.17) is 0 Å². The highest BCUT2D eigenvalue weighted by Crippen LogP contribution is 2.05. The molecule has 0 heterocycles. The monoisotopic (exact) mass is 364 g/mol. The van der Waals surface area contributed by atoms with E-state index in [0.717, 1.165) is 25.7 Å². The molecule has 22 heavy (non-hydrogen) atoms. The van der Waals surface area contributed by atoms with Gasteiger partial charge in [-0.15, -0.1) is 0 Å². The third-order valence-electron chi connectivity index (χ3n) is 2.89. The summed E-state index contributed by atoms with van der Waals surface area (Å²) in [6, 6.07) is 0. The molecule has 0 unspecified atom stereocenters. The van der Waals surface area contributed by atoms with Gasteiger partial charge in [-0.2, -0.15) is 0 Å². The average molecular weight is 365 g/mol. The van der Waals surface area contributed by atoms with Crippen molar-refractivity contribution >= 4 is 21.9 Å². The largest absolute Gasteiger partial charge is 0.469 e. The first-order chi connectivity index (χ1) is 10.8. The molecule has 0 rings (SSSR count). The van der Waals surface area contributed by atoms with Gasteiger partial charge in [0.15, 0.2) is 0 Å². The number of halogens is 1. The molecular weight excluding hydrogens is 340 g/mol. The molecule has 0 radical (unpaired) electrons. The molecule has 2 nitrogen and oxygen atoms in total. The highest BCUT2D eigenvalue weighted by molar-refractivity contribution is 9.11. The van der Waals surface area contributed by atoms with Crippen molar-refractivity contribution in [2.75, 3.05) is 7.11 Å². The van der Waals surface area contributed by atoms with E-state index in [0.29, 0.717) is 12.8 Å². The molecule has 0 saturated carbocycles. The fourth-order valence-electron chi connectivity index (χ4n) is 1.68. The number of carbonyl (C=O) groups is 1. The maximum Gasteiger partial charge on any atom is 0.305 e. The molecule has 0 aromatic heterocycles. The van der Waals surface area contributed by atoms with E-state index in [9.17, 15) is 4.79 Å². The molecule has 0 aliphatic carbocycles. The Morgan fingerprint density at radius 2 is 1.68 bits per heavy atom. The molecule has 0 aromatic carbocycles. The number of allylic oxidation sites excluding steroid dienone is 3. The van der Waals surface area contributed by atoms with Crippen molar-refractivity contribution in [2.24, 2.45) is 0 Å². The van der Waals surface area contributed by atoms with Crippen LogP contribution >= 0.6 is 15.9 Å². The zero-order chi connectivity index (χ0) is 16.3. The number of hydrogen-bond donors (Lipinski definition) is 0. The van der Waals surface area contributed by atoms with Crippen LogP contribution in [0.15, 0.2) is 23.2 Å². The Bertz CT molecular complexity index is 455. The molecule has 3 heteroatoms. The predicted octanol–water partition coefficient (Wildman–Crippen LogP) is 5.14. The fraction of sp³-hybridized carbons (Fsp3) is 0.526. The number of unbranched alkanes of at least 4 members (excludes halogenated alkanes) is 6. The fourth-order valence-corrected chi connectivity index (χ4v) is 1.86. The van der Waals surface area contributed by atoms with E-state index in [-0.39, 0.29) is 5.97 Å². The van der Waals surface area contributed by atoms with Crippen molar-refractivity contribution in [3.8, 4) is 23.7 Å². The van der Waals surface area contributed by atoms with Gasteiger partial charge in [0.1, 0.15) is 0 Å². The molecule has 0 amide bonds. The molecule has 0 spiro atoms. The normalized spacial score (nSPS) is 10.1. The Balaban J connectivity index is 3.40. The molecule has 0 bridgehead atoms. The molecule has 0 aliphatic rings. The lowest BCUT2D eigenvalue weighted by Gasteiger charge is -1.95. The lowest BCUT2D eigenvalue weighted by molar-refractivity contribution is -0.140. The van der Waals surface area contributed by atoms with Gasteiger partial charge in [-0.3, -0.25) is 4.79 Å². The zero-order valence-electron chi connectivity index (χ0n) is 13.4. The predicted molar refractivity (Wildman–Crippen MR) is 96.3 cm³/mol. The van der Waals surface area contributed by atoms with Crippen molar-refractivity contribution in [3.63, 3.8) is 0 Å². The minimum atomic E-state index is -0.178. The van der Waals surface area contributed by atoms with Gasteiger partial charge < -0.3 is 4.74 Å². The summed E-state index contributed by atoms with van der Waals surface area (Å²) < 4.78 is 4.55. The summed E-state index contributed by atoms with van der Waals surface area (Å²) >= 11 is 3.23. The lowest BCUT2D eigenvalue weighted by atomic mass is 10.1. The quantitative estimate of drug-likeness (QED) is 0.232. The summed E-state index contributed by atoms with van der Waals surface area (Å²) in [6.45, 7) is 0. The van der Waals surface area contributed by atoms with Crippen LogP contribution in [0.5, 0.6) is 0 Å². The van der Waals surface area contributed by atoms with Crippen molar-refractivity contribution in [1.82, 2.24) is 0 Å². The molecule has 0 aromatic rings. The van der Waals surface area contributed by atoms with E-state index in [1.807, 2.05) is 11.1 Å².